The van der Waals surface area contributed by atoms with E-state index in [4.69, 9.17) is 15.2 Å². The summed E-state index contributed by atoms with van der Waals surface area (Å²) >= 11 is 0. The fourth-order valence-electron chi connectivity index (χ4n) is 2.23. The zero-order valence-corrected chi connectivity index (χ0v) is 12.1. The summed E-state index contributed by atoms with van der Waals surface area (Å²) in [5.74, 6) is -0.479. The molecular weight excluding hydrogens is 272 g/mol. The lowest BCUT2D eigenvalue weighted by Gasteiger charge is -2.19. The fourth-order valence-corrected chi connectivity index (χ4v) is 2.23. The van der Waals surface area contributed by atoms with E-state index in [1.54, 1.807) is 13.0 Å². The Balaban J connectivity index is 1.93. The molecule has 1 aromatic carbocycles. The number of hydrogen-bond donors (Lipinski definition) is 2. The van der Waals surface area contributed by atoms with Crippen LogP contribution in [0.2, 0.25) is 0 Å². The molecule has 0 spiro atoms. The largest absolute Gasteiger partial charge is 0.464 e. The maximum atomic E-state index is 11.8. The Kier molecular flexibility index (Phi) is 5.30. The van der Waals surface area contributed by atoms with Crippen LogP contribution >= 0.6 is 0 Å². The van der Waals surface area contributed by atoms with E-state index in [0.29, 0.717) is 18.7 Å². The molecule has 1 unspecified atom stereocenters. The highest BCUT2D eigenvalue weighted by Crippen LogP contribution is 2.19. The highest BCUT2D eigenvalue weighted by Gasteiger charge is 2.18. The second-order valence-electron chi connectivity index (χ2n) is 4.85. The molecule has 1 atom stereocenters. The molecule has 1 amide bonds. The molecule has 0 bridgehead atoms. The van der Waals surface area contributed by atoms with Gasteiger partial charge < -0.3 is 20.5 Å². The van der Waals surface area contributed by atoms with Gasteiger partial charge in [0.25, 0.3) is 5.91 Å². The minimum absolute atomic E-state index is 0.0715. The van der Waals surface area contributed by atoms with Crippen LogP contribution in [0.15, 0.2) is 18.2 Å². The quantitative estimate of drug-likeness (QED) is 0.747. The molecule has 1 aliphatic heterocycles. The molecule has 0 aromatic heterocycles. The summed E-state index contributed by atoms with van der Waals surface area (Å²) in [4.78, 5) is 22.9. The van der Waals surface area contributed by atoms with Gasteiger partial charge in [-0.25, -0.2) is 4.79 Å². The van der Waals surface area contributed by atoms with Gasteiger partial charge in [-0.3, -0.25) is 4.79 Å². The van der Waals surface area contributed by atoms with Gasteiger partial charge in [0.1, 0.15) is 6.61 Å². The Morgan fingerprint density at radius 3 is 3.05 bits per heavy atom. The van der Waals surface area contributed by atoms with Crippen molar-refractivity contribution in [2.75, 3.05) is 26.4 Å². The number of benzene rings is 1. The molecule has 0 saturated heterocycles. The maximum absolute atomic E-state index is 11.8. The number of nitrogens with one attached hydrogen (secondary N) is 1. The van der Waals surface area contributed by atoms with Gasteiger partial charge in [-0.1, -0.05) is 12.1 Å². The predicted molar refractivity (Wildman–Crippen MR) is 76.9 cm³/mol. The van der Waals surface area contributed by atoms with E-state index in [1.807, 2.05) is 12.1 Å². The second-order valence-corrected chi connectivity index (χ2v) is 4.85. The third-order valence-corrected chi connectivity index (χ3v) is 3.31. The van der Waals surface area contributed by atoms with E-state index in [0.717, 1.165) is 17.5 Å². The zero-order chi connectivity index (χ0) is 15.2. The molecule has 1 aromatic rings. The van der Waals surface area contributed by atoms with Crippen molar-refractivity contribution in [3.63, 3.8) is 0 Å². The van der Waals surface area contributed by atoms with Crippen LogP contribution in [0.3, 0.4) is 0 Å². The molecule has 0 aliphatic carbocycles. The number of nitrogens with two attached hydrogens (primary N) is 1. The van der Waals surface area contributed by atoms with E-state index in [9.17, 15) is 9.59 Å². The third kappa shape index (κ3) is 4.03. The van der Waals surface area contributed by atoms with Crippen molar-refractivity contribution < 1.29 is 19.1 Å². The first-order valence-corrected chi connectivity index (χ1v) is 7.01. The number of carbonyl (C=O) groups is 2. The first kappa shape index (κ1) is 15.5. The predicted octanol–water partition coefficient (Wildman–Crippen LogP) is 0.552. The molecule has 3 N–H and O–H groups in total. The van der Waals surface area contributed by atoms with Crippen molar-refractivity contribution in [3.8, 4) is 0 Å². The van der Waals surface area contributed by atoms with E-state index in [2.05, 4.69) is 5.32 Å². The van der Waals surface area contributed by atoms with Crippen molar-refractivity contribution in [2.45, 2.75) is 19.4 Å². The van der Waals surface area contributed by atoms with Crippen LogP contribution in [-0.2, 0) is 20.7 Å². The van der Waals surface area contributed by atoms with Crippen molar-refractivity contribution in [3.05, 3.63) is 34.9 Å². The van der Waals surface area contributed by atoms with Crippen LogP contribution in [0.5, 0.6) is 0 Å². The van der Waals surface area contributed by atoms with Gasteiger partial charge in [0, 0.05) is 12.1 Å². The number of hydrogen-bond acceptors (Lipinski definition) is 5. The molecule has 0 radical (unpaired) electrons. The lowest BCUT2D eigenvalue weighted by molar-refractivity contribution is -0.148. The van der Waals surface area contributed by atoms with Crippen LogP contribution in [0, 0.1) is 0 Å². The highest BCUT2D eigenvalue weighted by molar-refractivity contribution is 5.96. The molecular formula is C15H20N2O4. The number of rotatable bonds is 6. The zero-order valence-electron chi connectivity index (χ0n) is 12.1. The monoisotopic (exact) mass is 292 g/mol. The summed E-state index contributed by atoms with van der Waals surface area (Å²) in [6, 6.07) is 5.23. The number of carbonyl (C=O) groups excluding carboxylic acids is 2. The Morgan fingerprint density at radius 1 is 1.48 bits per heavy atom. The standard InChI is InChI=1S/C15H20N2O4/c1-2-21-14(18)9-20-8-13(16)11-4-3-10-5-6-17-15(19)12(10)7-11/h3-4,7,13H,2,5-6,8-9,16H2,1H3,(H,17,19). The minimum Gasteiger partial charge on any atom is -0.464 e. The van der Waals surface area contributed by atoms with E-state index < -0.39 is 5.97 Å². The SMILES string of the molecule is CCOC(=O)COCC(N)c1ccc2c(c1)C(=O)NCC2. The minimum atomic E-state index is -0.408. The smallest absolute Gasteiger partial charge is 0.332 e. The summed E-state index contributed by atoms with van der Waals surface area (Å²) in [6.07, 6.45) is 0.829. The van der Waals surface area contributed by atoms with E-state index in [-0.39, 0.29) is 25.2 Å². The summed E-state index contributed by atoms with van der Waals surface area (Å²) in [5, 5.41) is 2.80. The number of esters is 1. The van der Waals surface area contributed by atoms with Crippen LogP contribution in [0.4, 0.5) is 0 Å². The lowest BCUT2D eigenvalue weighted by atomic mass is 9.95. The van der Waals surface area contributed by atoms with Crippen molar-refractivity contribution in [2.24, 2.45) is 5.73 Å². The molecule has 1 heterocycles. The number of amides is 1. The number of fused-ring (bicyclic) bond motifs is 1. The van der Waals surface area contributed by atoms with Gasteiger partial charge >= 0.3 is 5.97 Å². The van der Waals surface area contributed by atoms with Crippen molar-refractivity contribution >= 4 is 11.9 Å². The van der Waals surface area contributed by atoms with Gasteiger partial charge in [0.05, 0.1) is 19.3 Å². The molecule has 21 heavy (non-hydrogen) atoms. The first-order chi connectivity index (χ1) is 10.1. The second kappa shape index (κ2) is 7.19. The molecule has 1 aliphatic rings. The Bertz CT molecular complexity index is 530. The van der Waals surface area contributed by atoms with Gasteiger partial charge in [-0.2, -0.15) is 0 Å². The van der Waals surface area contributed by atoms with Crippen molar-refractivity contribution in [1.82, 2.24) is 5.32 Å². The Labute approximate surface area is 123 Å². The van der Waals surface area contributed by atoms with E-state index >= 15 is 0 Å². The normalized spacial score (nSPS) is 15.0. The lowest BCUT2D eigenvalue weighted by Crippen LogP contribution is -2.32. The molecule has 6 nitrogen and oxygen atoms in total. The van der Waals surface area contributed by atoms with Gasteiger partial charge in [-0.15, -0.1) is 0 Å². The van der Waals surface area contributed by atoms with Gasteiger partial charge in [0.15, 0.2) is 0 Å². The van der Waals surface area contributed by atoms with Crippen molar-refractivity contribution in [1.29, 1.82) is 0 Å². The fraction of sp³-hybridized carbons (Fsp3) is 0.467. The average molecular weight is 292 g/mol. The van der Waals surface area contributed by atoms with Crippen LogP contribution in [-0.4, -0.2) is 38.2 Å². The van der Waals surface area contributed by atoms with Gasteiger partial charge in [0.2, 0.25) is 0 Å². The summed E-state index contributed by atoms with van der Waals surface area (Å²) in [5.41, 5.74) is 8.54. The highest BCUT2D eigenvalue weighted by atomic mass is 16.6. The number of ether oxygens (including phenoxy) is 2. The Hall–Kier alpha value is -1.92. The molecule has 2 rings (SSSR count). The van der Waals surface area contributed by atoms with Gasteiger partial charge in [-0.05, 0) is 30.5 Å². The molecule has 6 heteroatoms. The first-order valence-electron chi connectivity index (χ1n) is 7.01. The summed E-state index contributed by atoms with van der Waals surface area (Å²) < 4.78 is 10.00. The summed E-state index contributed by atoms with van der Waals surface area (Å²) in [7, 11) is 0. The molecule has 0 saturated carbocycles. The van der Waals surface area contributed by atoms with Crippen LogP contribution in [0.1, 0.15) is 34.5 Å². The van der Waals surface area contributed by atoms with Crippen LogP contribution < -0.4 is 11.1 Å². The topological polar surface area (TPSA) is 90.7 Å². The summed E-state index contributed by atoms with van der Waals surface area (Å²) in [6.45, 7) is 2.81. The molecule has 114 valence electrons. The van der Waals surface area contributed by atoms with Crippen LogP contribution in [0.25, 0.3) is 0 Å². The third-order valence-electron chi connectivity index (χ3n) is 3.31. The van der Waals surface area contributed by atoms with E-state index in [1.165, 1.54) is 0 Å². The average Bonchev–Trinajstić information content (AvgIpc) is 2.47. The molecule has 0 fully saturated rings. The Morgan fingerprint density at radius 2 is 2.29 bits per heavy atom. The maximum Gasteiger partial charge on any atom is 0.332 e.